The predicted molar refractivity (Wildman–Crippen MR) is 45.3 cm³/mol. The summed E-state index contributed by atoms with van der Waals surface area (Å²) < 4.78 is 0. The Labute approximate surface area is 65.4 Å². The second-order valence-corrected chi connectivity index (χ2v) is 3.19. The monoisotopic (exact) mass is 156 g/mol. The molecule has 0 aliphatic carbocycles. The molecular weight excluding hydrogens is 144 g/mol. The minimum atomic E-state index is 1.15. The van der Waals surface area contributed by atoms with Crippen LogP contribution in [0.15, 0.2) is 12.4 Å². The fourth-order valence-corrected chi connectivity index (χ4v) is 1.27. The van der Waals surface area contributed by atoms with Gasteiger partial charge in [0.15, 0.2) is 0 Å². The molecule has 3 heteroatoms. The zero-order valence-electron chi connectivity index (χ0n) is 6.13. The molecule has 0 saturated heterocycles. The first-order valence-electron chi connectivity index (χ1n) is 3.40. The number of nitrogens with one attached hydrogen (secondary N) is 1. The van der Waals surface area contributed by atoms with Gasteiger partial charge >= 0.3 is 0 Å². The SMILES string of the molecule is CSCCCc1cn[nH]c1. The maximum atomic E-state index is 3.87. The van der Waals surface area contributed by atoms with Gasteiger partial charge in [-0.05, 0) is 30.4 Å². The standard InChI is InChI=1S/C7H12N2S/c1-10-4-2-3-7-5-8-9-6-7/h5-6H,2-4H2,1H3,(H,8,9). The lowest BCUT2D eigenvalue weighted by Crippen LogP contribution is -1.83. The lowest BCUT2D eigenvalue weighted by atomic mass is 10.2. The van der Waals surface area contributed by atoms with Crippen molar-refractivity contribution in [2.75, 3.05) is 12.0 Å². The van der Waals surface area contributed by atoms with E-state index in [2.05, 4.69) is 16.5 Å². The number of H-pyrrole nitrogens is 1. The van der Waals surface area contributed by atoms with Gasteiger partial charge in [0.05, 0.1) is 6.20 Å². The summed E-state index contributed by atoms with van der Waals surface area (Å²) in [5.41, 5.74) is 1.31. The van der Waals surface area contributed by atoms with Gasteiger partial charge in [0.25, 0.3) is 0 Å². The fraction of sp³-hybridized carbons (Fsp3) is 0.571. The van der Waals surface area contributed by atoms with Gasteiger partial charge in [-0.15, -0.1) is 0 Å². The van der Waals surface area contributed by atoms with Crippen molar-refractivity contribution in [3.05, 3.63) is 18.0 Å². The molecule has 0 fully saturated rings. The summed E-state index contributed by atoms with van der Waals surface area (Å²) in [6.07, 6.45) is 8.38. The van der Waals surface area contributed by atoms with Crippen LogP contribution in [0.25, 0.3) is 0 Å². The molecule has 1 rings (SSSR count). The molecule has 56 valence electrons. The third-order valence-corrected chi connectivity index (χ3v) is 2.07. The average molecular weight is 156 g/mol. The lowest BCUT2D eigenvalue weighted by molar-refractivity contribution is 0.935. The van der Waals surface area contributed by atoms with E-state index in [-0.39, 0.29) is 0 Å². The Morgan fingerprint density at radius 3 is 3.20 bits per heavy atom. The Morgan fingerprint density at radius 2 is 2.60 bits per heavy atom. The van der Waals surface area contributed by atoms with Crippen molar-refractivity contribution >= 4 is 11.8 Å². The number of nitrogens with zero attached hydrogens (tertiary/aromatic N) is 1. The largest absolute Gasteiger partial charge is 0.285 e. The van der Waals surface area contributed by atoms with Crippen molar-refractivity contribution in [1.82, 2.24) is 10.2 Å². The molecule has 0 spiro atoms. The molecule has 1 aromatic rings. The second kappa shape index (κ2) is 4.39. The smallest absolute Gasteiger partial charge is 0.0519 e. The molecule has 0 atom stereocenters. The van der Waals surface area contributed by atoms with E-state index in [1.165, 1.54) is 17.7 Å². The minimum Gasteiger partial charge on any atom is -0.285 e. The zero-order chi connectivity index (χ0) is 7.23. The summed E-state index contributed by atoms with van der Waals surface area (Å²) in [5.74, 6) is 1.24. The van der Waals surface area contributed by atoms with Gasteiger partial charge in [0.1, 0.15) is 0 Å². The zero-order valence-corrected chi connectivity index (χ0v) is 6.95. The van der Waals surface area contributed by atoms with Gasteiger partial charge in [0, 0.05) is 6.20 Å². The minimum absolute atomic E-state index is 1.15. The molecule has 1 aromatic heterocycles. The highest BCUT2D eigenvalue weighted by molar-refractivity contribution is 7.98. The molecule has 0 radical (unpaired) electrons. The summed E-state index contributed by atoms with van der Waals surface area (Å²) in [4.78, 5) is 0. The maximum absolute atomic E-state index is 3.87. The van der Waals surface area contributed by atoms with Gasteiger partial charge < -0.3 is 0 Å². The number of hydrogen-bond donors (Lipinski definition) is 1. The van der Waals surface area contributed by atoms with Gasteiger partial charge in [-0.25, -0.2) is 0 Å². The number of aryl methyl sites for hydroxylation is 1. The number of thioether (sulfide) groups is 1. The van der Waals surface area contributed by atoms with E-state index in [1.54, 1.807) is 0 Å². The van der Waals surface area contributed by atoms with E-state index in [1.807, 2.05) is 24.2 Å². The Kier molecular flexibility index (Phi) is 3.36. The van der Waals surface area contributed by atoms with E-state index in [4.69, 9.17) is 0 Å². The van der Waals surface area contributed by atoms with Crippen molar-refractivity contribution in [2.45, 2.75) is 12.8 Å². The summed E-state index contributed by atoms with van der Waals surface area (Å²) in [6, 6.07) is 0. The number of hydrogen-bond acceptors (Lipinski definition) is 2. The van der Waals surface area contributed by atoms with Gasteiger partial charge in [-0.2, -0.15) is 16.9 Å². The van der Waals surface area contributed by atoms with Crippen LogP contribution in [0.4, 0.5) is 0 Å². The normalized spacial score (nSPS) is 10.1. The summed E-state index contributed by atoms with van der Waals surface area (Å²) in [6.45, 7) is 0. The van der Waals surface area contributed by atoms with Crippen LogP contribution in [0.1, 0.15) is 12.0 Å². The molecule has 1 N–H and O–H groups in total. The summed E-state index contributed by atoms with van der Waals surface area (Å²) in [5, 5.41) is 6.67. The molecule has 0 unspecified atom stereocenters. The van der Waals surface area contributed by atoms with Crippen LogP contribution in [0.2, 0.25) is 0 Å². The van der Waals surface area contributed by atoms with Crippen LogP contribution in [0.3, 0.4) is 0 Å². The first kappa shape index (κ1) is 7.66. The Hall–Kier alpha value is -0.440. The van der Waals surface area contributed by atoms with Crippen LogP contribution in [0, 0.1) is 0 Å². The Morgan fingerprint density at radius 1 is 1.70 bits per heavy atom. The van der Waals surface area contributed by atoms with Crippen LogP contribution in [-0.4, -0.2) is 22.2 Å². The fourth-order valence-electron chi connectivity index (χ4n) is 0.835. The highest BCUT2D eigenvalue weighted by Gasteiger charge is 1.91. The van der Waals surface area contributed by atoms with Crippen LogP contribution < -0.4 is 0 Å². The summed E-state index contributed by atoms with van der Waals surface area (Å²) in [7, 11) is 0. The van der Waals surface area contributed by atoms with Crippen molar-refractivity contribution < 1.29 is 0 Å². The molecule has 0 aliphatic heterocycles. The molecule has 1 heterocycles. The van der Waals surface area contributed by atoms with Gasteiger partial charge in [0.2, 0.25) is 0 Å². The van der Waals surface area contributed by atoms with Crippen molar-refractivity contribution in [1.29, 1.82) is 0 Å². The van der Waals surface area contributed by atoms with Crippen molar-refractivity contribution in [2.24, 2.45) is 0 Å². The van der Waals surface area contributed by atoms with Crippen LogP contribution in [-0.2, 0) is 6.42 Å². The van der Waals surface area contributed by atoms with Crippen molar-refractivity contribution in [3.8, 4) is 0 Å². The van der Waals surface area contributed by atoms with Crippen LogP contribution >= 0.6 is 11.8 Å². The third-order valence-electron chi connectivity index (χ3n) is 1.37. The molecule has 0 bridgehead atoms. The molecular formula is C7H12N2S. The Bertz CT molecular complexity index is 160. The molecule has 0 aromatic carbocycles. The van der Waals surface area contributed by atoms with E-state index in [0.29, 0.717) is 0 Å². The summed E-state index contributed by atoms with van der Waals surface area (Å²) >= 11 is 1.89. The van der Waals surface area contributed by atoms with E-state index in [9.17, 15) is 0 Å². The van der Waals surface area contributed by atoms with E-state index in [0.717, 1.165) is 6.42 Å². The highest BCUT2D eigenvalue weighted by Crippen LogP contribution is 2.02. The topological polar surface area (TPSA) is 28.7 Å². The third kappa shape index (κ3) is 2.43. The first-order valence-corrected chi connectivity index (χ1v) is 4.79. The second-order valence-electron chi connectivity index (χ2n) is 2.20. The predicted octanol–water partition coefficient (Wildman–Crippen LogP) is 1.71. The Balaban J connectivity index is 2.15. The first-order chi connectivity index (χ1) is 4.93. The maximum Gasteiger partial charge on any atom is 0.0519 e. The van der Waals surface area contributed by atoms with E-state index >= 15 is 0 Å². The number of aromatic nitrogens is 2. The van der Waals surface area contributed by atoms with Crippen molar-refractivity contribution in [3.63, 3.8) is 0 Å². The molecule has 10 heavy (non-hydrogen) atoms. The average Bonchev–Trinajstić information content (AvgIpc) is 2.41. The highest BCUT2D eigenvalue weighted by atomic mass is 32.2. The van der Waals surface area contributed by atoms with Gasteiger partial charge in [-0.1, -0.05) is 0 Å². The van der Waals surface area contributed by atoms with Crippen LogP contribution in [0.5, 0.6) is 0 Å². The number of rotatable bonds is 4. The quantitative estimate of drug-likeness (QED) is 0.672. The molecule has 0 saturated carbocycles. The van der Waals surface area contributed by atoms with Gasteiger partial charge in [-0.3, -0.25) is 5.10 Å². The number of aromatic amines is 1. The van der Waals surface area contributed by atoms with E-state index < -0.39 is 0 Å². The molecule has 2 nitrogen and oxygen atoms in total. The molecule has 0 aliphatic rings. The molecule has 0 amide bonds. The lowest BCUT2D eigenvalue weighted by Gasteiger charge is -1.92.